The van der Waals surface area contributed by atoms with Gasteiger partial charge in [-0.1, -0.05) is 13.8 Å². The molecule has 0 aliphatic carbocycles. The van der Waals surface area contributed by atoms with Crippen molar-refractivity contribution in [3.8, 4) is 0 Å². The van der Waals surface area contributed by atoms with Crippen LogP contribution >= 0.6 is 0 Å². The molecule has 0 saturated carbocycles. The molecular formula is C12H20N2O2. The van der Waals surface area contributed by atoms with Crippen molar-refractivity contribution >= 4 is 6.09 Å². The van der Waals surface area contributed by atoms with Crippen LogP contribution in [-0.2, 0) is 11.2 Å². The van der Waals surface area contributed by atoms with Crippen LogP contribution in [-0.4, -0.2) is 21.5 Å². The van der Waals surface area contributed by atoms with Crippen molar-refractivity contribution in [3.05, 3.63) is 18.0 Å². The molecule has 0 radical (unpaired) electrons. The maximum atomic E-state index is 11.6. The second-order valence-electron chi connectivity index (χ2n) is 5.37. The first-order valence-electron chi connectivity index (χ1n) is 5.55. The van der Waals surface area contributed by atoms with Gasteiger partial charge in [0.1, 0.15) is 5.60 Å². The van der Waals surface area contributed by atoms with Crippen LogP contribution in [0.2, 0.25) is 0 Å². The van der Waals surface area contributed by atoms with Crippen LogP contribution in [0, 0.1) is 5.92 Å². The highest BCUT2D eigenvalue weighted by atomic mass is 16.6. The highest BCUT2D eigenvalue weighted by Crippen LogP contribution is 2.10. The molecular weight excluding hydrogens is 204 g/mol. The first-order valence-corrected chi connectivity index (χ1v) is 5.55. The number of nitrogens with zero attached hydrogens (tertiary/aromatic N) is 2. The minimum Gasteiger partial charge on any atom is -0.442 e. The summed E-state index contributed by atoms with van der Waals surface area (Å²) in [4.78, 5) is 11.6. The van der Waals surface area contributed by atoms with Gasteiger partial charge in [-0.2, -0.15) is 9.78 Å². The van der Waals surface area contributed by atoms with E-state index in [9.17, 15) is 4.79 Å². The third-order valence-electron chi connectivity index (χ3n) is 1.86. The van der Waals surface area contributed by atoms with E-state index in [-0.39, 0.29) is 0 Å². The van der Waals surface area contributed by atoms with Gasteiger partial charge in [-0.15, -0.1) is 0 Å². The Hall–Kier alpha value is -1.32. The van der Waals surface area contributed by atoms with E-state index in [1.807, 2.05) is 20.8 Å². The van der Waals surface area contributed by atoms with E-state index >= 15 is 0 Å². The van der Waals surface area contributed by atoms with Crippen molar-refractivity contribution < 1.29 is 9.53 Å². The van der Waals surface area contributed by atoms with Crippen molar-refractivity contribution in [2.75, 3.05) is 0 Å². The number of ether oxygens (including phenoxy) is 1. The zero-order valence-corrected chi connectivity index (χ0v) is 10.7. The van der Waals surface area contributed by atoms with Gasteiger partial charge < -0.3 is 4.74 Å². The van der Waals surface area contributed by atoms with Gasteiger partial charge in [0.05, 0.1) is 6.20 Å². The molecule has 1 aromatic heterocycles. The molecule has 90 valence electrons. The molecule has 0 N–H and O–H groups in total. The summed E-state index contributed by atoms with van der Waals surface area (Å²) in [7, 11) is 0. The Morgan fingerprint density at radius 1 is 1.50 bits per heavy atom. The van der Waals surface area contributed by atoms with Crippen molar-refractivity contribution in [3.63, 3.8) is 0 Å². The molecule has 0 fully saturated rings. The Morgan fingerprint density at radius 3 is 2.62 bits per heavy atom. The van der Waals surface area contributed by atoms with Gasteiger partial charge in [0.15, 0.2) is 0 Å². The highest BCUT2D eigenvalue weighted by molar-refractivity contribution is 5.69. The second kappa shape index (κ2) is 4.68. The zero-order valence-electron chi connectivity index (χ0n) is 10.7. The van der Waals surface area contributed by atoms with E-state index in [1.165, 1.54) is 4.68 Å². The largest absolute Gasteiger partial charge is 0.442 e. The average Bonchev–Trinajstić information content (AvgIpc) is 2.48. The zero-order chi connectivity index (χ0) is 12.3. The average molecular weight is 224 g/mol. The van der Waals surface area contributed by atoms with E-state index in [4.69, 9.17) is 4.74 Å². The van der Waals surface area contributed by atoms with Crippen molar-refractivity contribution in [2.45, 2.75) is 46.6 Å². The summed E-state index contributed by atoms with van der Waals surface area (Å²) in [6, 6.07) is 0. The number of carbonyl (C=O) groups is 1. The Bertz CT molecular complexity index is 361. The fraction of sp³-hybridized carbons (Fsp3) is 0.667. The van der Waals surface area contributed by atoms with Crippen LogP contribution < -0.4 is 0 Å². The summed E-state index contributed by atoms with van der Waals surface area (Å²) in [5.41, 5.74) is 0.571. The topological polar surface area (TPSA) is 44.1 Å². The lowest BCUT2D eigenvalue weighted by atomic mass is 10.1. The monoisotopic (exact) mass is 224 g/mol. The fourth-order valence-electron chi connectivity index (χ4n) is 1.35. The summed E-state index contributed by atoms with van der Waals surface area (Å²) >= 11 is 0. The lowest BCUT2D eigenvalue weighted by Gasteiger charge is -2.18. The number of carbonyl (C=O) groups excluding carboxylic acids is 1. The molecule has 16 heavy (non-hydrogen) atoms. The van der Waals surface area contributed by atoms with Gasteiger partial charge in [0, 0.05) is 6.20 Å². The minimum absolute atomic E-state index is 0.428. The summed E-state index contributed by atoms with van der Waals surface area (Å²) in [6.45, 7) is 9.77. The van der Waals surface area contributed by atoms with Crippen molar-refractivity contribution in [1.29, 1.82) is 0 Å². The quantitative estimate of drug-likeness (QED) is 0.775. The first kappa shape index (κ1) is 12.7. The van der Waals surface area contributed by atoms with Gasteiger partial charge in [-0.3, -0.25) is 0 Å². The lowest BCUT2D eigenvalue weighted by Crippen LogP contribution is -2.27. The summed E-state index contributed by atoms with van der Waals surface area (Å²) in [5.74, 6) is 0.552. The fourth-order valence-corrected chi connectivity index (χ4v) is 1.35. The third-order valence-corrected chi connectivity index (χ3v) is 1.86. The number of hydrogen-bond donors (Lipinski definition) is 0. The number of rotatable bonds is 2. The third kappa shape index (κ3) is 4.04. The molecule has 0 atom stereocenters. The summed E-state index contributed by atoms with van der Waals surface area (Å²) in [5, 5.41) is 4.00. The minimum atomic E-state index is -0.485. The van der Waals surface area contributed by atoms with Gasteiger partial charge in [-0.05, 0) is 38.7 Å². The molecule has 1 rings (SSSR count). The smallest absolute Gasteiger partial charge is 0.435 e. The van der Waals surface area contributed by atoms with Crippen LogP contribution in [0.3, 0.4) is 0 Å². The molecule has 0 unspecified atom stereocenters. The van der Waals surface area contributed by atoms with Crippen molar-refractivity contribution in [1.82, 2.24) is 9.78 Å². The predicted molar refractivity (Wildman–Crippen MR) is 62.4 cm³/mol. The molecule has 0 bridgehead atoms. The molecule has 1 heterocycles. The Labute approximate surface area is 96.6 Å². The van der Waals surface area contributed by atoms with Crippen molar-refractivity contribution in [2.24, 2.45) is 5.92 Å². The molecule has 0 aliphatic rings. The molecule has 0 aromatic carbocycles. The summed E-state index contributed by atoms with van der Waals surface area (Å²) in [6.07, 6.45) is 3.93. The van der Waals surface area contributed by atoms with E-state index in [2.05, 4.69) is 18.9 Å². The predicted octanol–water partition coefficient (Wildman–Crippen LogP) is 2.86. The summed E-state index contributed by atoms with van der Waals surface area (Å²) < 4.78 is 6.46. The van der Waals surface area contributed by atoms with Gasteiger partial charge >= 0.3 is 6.09 Å². The van der Waals surface area contributed by atoms with Crippen LogP contribution in [0.5, 0.6) is 0 Å². The first-order chi connectivity index (χ1) is 7.28. The molecule has 0 aliphatic heterocycles. The molecule has 4 nitrogen and oxygen atoms in total. The van der Waals surface area contributed by atoms with Crippen LogP contribution in [0.15, 0.2) is 12.4 Å². The second-order valence-corrected chi connectivity index (χ2v) is 5.37. The molecule has 0 spiro atoms. The van der Waals surface area contributed by atoms with Gasteiger partial charge in [-0.25, -0.2) is 4.79 Å². The lowest BCUT2D eigenvalue weighted by molar-refractivity contribution is 0.0514. The molecule has 0 amide bonds. The Morgan fingerprint density at radius 2 is 2.12 bits per heavy atom. The number of hydrogen-bond acceptors (Lipinski definition) is 3. The molecule has 0 saturated heterocycles. The van der Waals surface area contributed by atoms with Crippen LogP contribution in [0.25, 0.3) is 0 Å². The standard InChI is InChI=1S/C12H20N2O2/c1-9(2)6-10-7-13-14(8-10)11(15)16-12(3,4)5/h7-9H,6H2,1-5H3. The van der Waals surface area contributed by atoms with Gasteiger partial charge in [0.2, 0.25) is 0 Å². The highest BCUT2D eigenvalue weighted by Gasteiger charge is 2.18. The maximum Gasteiger partial charge on any atom is 0.435 e. The normalized spacial score (nSPS) is 11.9. The molecule has 4 heteroatoms. The Balaban J connectivity index is 2.67. The van der Waals surface area contributed by atoms with E-state index in [0.29, 0.717) is 5.92 Å². The molecule has 1 aromatic rings. The number of aromatic nitrogens is 2. The van der Waals surface area contributed by atoms with Crippen LogP contribution in [0.1, 0.15) is 40.2 Å². The maximum absolute atomic E-state index is 11.6. The Kier molecular flexibility index (Phi) is 3.73. The van der Waals surface area contributed by atoms with Gasteiger partial charge in [0.25, 0.3) is 0 Å². The van der Waals surface area contributed by atoms with E-state index in [1.54, 1.807) is 12.4 Å². The van der Waals surface area contributed by atoms with E-state index in [0.717, 1.165) is 12.0 Å². The SMILES string of the molecule is CC(C)Cc1cnn(C(=O)OC(C)(C)C)c1. The van der Waals surface area contributed by atoms with Crippen LogP contribution in [0.4, 0.5) is 4.79 Å². The van der Waals surface area contributed by atoms with E-state index < -0.39 is 11.7 Å².